The SMILES string of the molecule is COc1cc2ccnnc2cc1OC. The van der Waals surface area contributed by atoms with Gasteiger partial charge in [-0.3, -0.25) is 0 Å². The van der Waals surface area contributed by atoms with E-state index in [9.17, 15) is 0 Å². The quantitative estimate of drug-likeness (QED) is 0.722. The molecule has 72 valence electrons. The zero-order valence-corrected chi connectivity index (χ0v) is 8.02. The number of ether oxygens (including phenoxy) is 2. The number of fused-ring (bicyclic) bond motifs is 1. The van der Waals surface area contributed by atoms with Gasteiger partial charge in [0.25, 0.3) is 0 Å². The van der Waals surface area contributed by atoms with Gasteiger partial charge in [0.1, 0.15) is 0 Å². The fraction of sp³-hybridized carbons (Fsp3) is 0.200. The normalized spacial score (nSPS) is 10.1. The van der Waals surface area contributed by atoms with E-state index in [0.717, 1.165) is 10.9 Å². The van der Waals surface area contributed by atoms with Crippen molar-refractivity contribution >= 4 is 10.9 Å². The highest BCUT2D eigenvalue weighted by Gasteiger charge is 2.05. The van der Waals surface area contributed by atoms with Gasteiger partial charge in [-0.15, -0.1) is 0 Å². The second-order valence-electron chi connectivity index (χ2n) is 2.80. The molecule has 0 spiro atoms. The second-order valence-corrected chi connectivity index (χ2v) is 2.80. The Labute approximate surface area is 81.5 Å². The third-order valence-corrected chi connectivity index (χ3v) is 2.02. The monoisotopic (exact) mass is 190 g/mol. The van der Waals surface area contributed by atoms with Gasteiger partial charge in [-0.1, -0.05) is 0 Å². The fourth-order valence-electron chi connectivity index (χ4n) is 1.31. The van der Waals surface area contributed by atoms with Gasteiger partial charge in [-0.25, -0.2) is 0 Å². The molecule has 0 aliphatic rings. The molecule has 1 aromatic carbocycles. The third kappa shape index (κ3) is 1.35. The van der Waals surface area contributed by atoms with Crippen LogP contribution in [0.5, 0.6) is 11.5 Å². The number of rotatable bonds is 2. The highest BCUT2D eigenvalue weighted by Crippen LogP contribution is 2.30. The number of hydrogen-bond donors (Lipinski definition) is 0. The van der Waals surface area contributed by atoms with Gasteiger partial charge in [0.15, 0.2) is 11.5 Å². The van der Waals surface area contributed by atoms with Crippen LogP contribution in [0.25, 0.3) is 10.9 Å². The van der Waals surface area contributed by atoms with Gasteiger partial charge >= 0.3 is 0 Å². The summed E-state index contributed by atoms with van der Waals surface area (Å²) in [6, 6.07) is 5.56. The van der Waals surface area contributed by atoms with E-state index in [1.165, 1.54) is 0 Å². The van der Waals surface area contributed by atoms with Crippen molar-refractivity contribution in [3.63, 3.8) is 0 Å². The van der Waals surface area contributed by atoms with Crippen LogP contribution >= 0.6 is 0 Å². The van der Waals surface area contributed by atoms with Gasteiger partial charge in [0, 0.05) is 11.5 Å². The number of benzene rings is 1. The van der Waals surface area contributed by atoms with Crippen LogP contribution < -0.4 is 9.47 Å². The summed E-state index contributed by atoms with van der Waals surface area (Å²) < 4.78 is 10.3. The van der Waals surface area contributed by atoms with E-state index >= 15 is 0 Å². The molecular formula is C10H10N2O2. The van der Waals surface area contributed by atoms with Crippen molar-refractivity contribution in [2.75, 3.05) is 14.2 Å². The molecule has 4 heteroatoms. The lowest BCUT2D eigenvalue weighted by Gasteiger charge is -2.07. The lowest BCUT2D eigenvalue weighted by atomic mass is 10.2. The maximum atomic E-state index is 5.17. The summed E-state index contributed by atoms with van der Waals surface area (Å²) >= 11 is 0. The lowest BCUT2D eigenvalue weighted by Crippen LogP contribution is -1.91. The molecule has 0 bridgehead atoms. The van der Waals surface area contributed by atoms with Crippen molar-refractivity contribution in [2.24, 2.45) is 0 Å². The van der Waals surface area contributed by atoms with Crippen molar-refractivity contribution in [1.82, 2.24) is 10.2 Å². The Morgan fingerprint density at radius 3 is 2.50 bits per heavy atom. The molecule has 0 saturated carbocycles. The van der Waals surface area contributed by atoms with Gasteiger partial charge in [-0.05, 0) is 12.1 Å². The van der Waals surface area contributed by atoms with Crippen LogP contribution in [0, 0.1) is 0 Å². The molecule has 0 aliphatic heterocycles. The molecule has 0 N–H and O–H groups in total. The zero-order valence-electron chi connectivity index (χ0n) is 8.02. The number of aromatic nitrogens is 2. The first-order valence-corrected chi connectivity index (χ1v) is 4.18. The smallest absolute Gasteiger partial charge is 0.162 e. The van der Waals surface area contributed by atoms with Crippen LogP contribution in [-0.2, 0) is 0 Å². The van der Waals surface area contributed by atoms with Crippen LogP contribution in [0.15, 0.2) is 24.4 Å². The predicted molar refractivity (Wildman–Crippen MR) is 52.6 cm³/mol. The standard InChI is InChI=1S/C10H10N2O2/c1-13-9-5-7-3-4-11-12-8(7)6-10(9)14-2/h3-6H,1-2H3. The van der Waals surface area contributed by atoms with Gasteiger partial charge in [0.05, 0.1) is 25.9 Å². The molecular weight excluding hydrogens is 180 g/mol. The molecule has 0 saturated heterocycles. The van der Waals surface area contributed by atoms with Crippen LogP contribution in [0.1, 0.15) is 0 Å². The van der Waals surface area contributed by atoms with E-state index in [-0.39, 0.29) is 0 Å². The molecule has 1 heterocycles. The van der Waals surface area contributed by atoms with Crippen LogP contribution in [0.4, 0.5) is 0 Å². The van der Waals surface area contributed by atoms with Crippen molar-refractivity contribution in [3.05, 3.63) is 24.4 Å². The highest BCUT2D eigenvalue weighted by atomic mass is 16.5. The first kappa shape index (κ1) is 8.74. The van der Waals surface area contributed by atoms with Gasteiger partial charge < -0.3 is 9.47 Å². The average molecular weight is 190 g/mol. The third-order valence-electron chi connectivity index (χ3n) is 2.02. The van der Waals surface area contributed by atoms with E-state index in [1.807, 2.05) is 12.1 Å². The molecule has 0 atom stereocenters. The molecule has 2 aromatic rings. The van der Waals surface area contributed by atoms with Crippen molar-refractivity contribution in [1.29, 1.82) is 0 Å². The van der Waals surface area contributed by atoms with Gasteiger partial charge in [-0.2, -0.15) is 10.2 Å². The Kier molecular flexibility index (Phi) is 2.18. The number of hydrogen-bond acceptors (Lipinski definition) is 4. The minimum Gasteiger partial charge on any atom is -0.493 e. The first-order chi connectivity index (χ1) is 6.85. The summed E-state index contributed by atoms with van der Waals surface area (Å²) in [4.78, 5) is 0. The van der Waals surface area contributed by atoms with Crippen molar-refractivity contribution in [2.45, 2.75) is 0 Å². The second kappa shape index (κ2) is 3.49. The Morgan fingerprint density at radius 1 is 1.07 bits per heavy atom. The minimum atomic E-state index is 0.667. The molecule has 0 aliphatic carbocycles. The first-order valence-electron chi connectivity index (χ1n) is 4.18. The minimum absolute atomic E-state index is 0.667. The van der Waals surface area contributed by atoms with Crippen molar-refractivity contribution < 1.29 is 9.47 Å². The van der Waals surface area contributed by atoms with E-state index < -0.39 is 0 Å². The maximum Gasteiger partial charge on any atom is 0.162 e. The predicted octanol–water partition coefficient (Wildman–Crippen LogP) is 1.65. The van der Waals surface area contributed by atoms with Crippen LogP contribution in [0.3, 0.4) is 0 Å². The van der Waals surface area contributed by atoms with E-state index in [0.29, 0.717) is 11.5 Å². The lowest BCUT2D eigenvalue weighted by molar-refractivity contribution is 0.355. The van der Waals surface area contributed by atoms with E-state index in [4.69, 9.17) is 9.47 Å². The van der Waals surface area contributed by atoms with E-state index in [1.54, 1.807) is 26.5 Å². The summed E-state index contributed by atoms with van der Waals surface area (Å²) in [5.41, 5.74) is 0.796. The Balaban J connectivity index is 2.69. The Hall–Kier alpha value is -1.84. The molecule has 0 amide bonds. The molecule has 0 unspecified atom stereocenters. The largest absolute Gasteiger partial charge is 0.493 e. The summed E-state index contributed by atoms with van der Waals surface area (Å²) in [5.74, 6) is 1.37. The summed E-state index contributed by atoms with van der Waals surface area (Å²) in [5, 5.41) is 8.76. The Bertz CT molecular complexity index is 414. The Morgan fingerprint density at radius 2 is 1.79 bits per heavy atom. The maximum absolute atomic E-state index is 5.17. The number of nitrogens with zero attached hydrogens (tertiary/aromatic N) is 2. The van der Waals surface area contributed by atoms with Crippen LogP contribution in [-0.4, -0.2) is 24.4 Å². The zero-order chi connectivity index (χ0) is 9.97. The topological polar surface area (TPSA) is 44.2 Å². The average Bonchev–Trinajstić information content (AvgIpc) is 2.27. The van der Waals surface area contributed by atoms with E-state index in [2.05, 4.69) is 10.2 Å². The number of methoxy groups -OCH3 is 2. The van der Waals surface area contributed by atoms with Crippen LogP contribution in [0.2, 0.25) is 0 Å². The molecule has 0 radical (unpaired) electrons. The summed E-state index contributed by atoms with van der Waals surface area (Å²) in [7, 11) is 3.21. The summed E-state index contributed by atoms with van der Waals surface area (Å²) in [6.45, 7) is 0. The van der Waals surface area contributed by atoms with Crippen molar-refractivity contribution in [3.8, 4) is 11.5 Å². The molecule has 2 rings (SSSR count). The molecule has 1 aromatic heterocycles. The molecule has 0 fully saturated rings. The molecule has 14 heavy (non-hydrogen) atoms. The fourth-order valence-corrected chi connectivity index (χ4v) is 1.31. The van der Waals surface area contributed by atoms with Gasteiger partial charge in [0.2, 0.25) is 0 Å². The summed E-state index contributed by atoms with van der Waals surface area (Å²) in [6.07, 6.45) is 1.65. The molecule has 4 nitrogen and oxygen atoms in total. The highest BCUT2D eigenvalue weighted by molar-refractivity contribution is 5.81.